The lowest BCUT2D eigenvalue weighted by molar-refractivity contribution is 1.31. The lowest BCUT2D eigenvalue weighted by atomic mass is 10.3. The molecular formula is C11H9Br2N3. The molecule has 0 aliphatic heterocycles. The van der Waals surface area contributed by atoms with Crippen LogP contribution in [0.2, 0.25) is 0 Å². The lowest BCUT2D eigenvalue weighted by Gasteiger charge is -2.08. The summed E-state index contributed by atoms with van der Waals surface area (Å²) in [6.45, 7) is 0. The summed E-state index contributed by atoms with van der Waals surface area (Å²) in [4.78, 5) is 4.17. The summed E-state index contributed by atoms with van der Waals surface area (Å²) in [5.41, 5.74) is 7.31. The minimum Gasteiger partial charge on any atom is -0.399 e. The molecular weight excluding hydrogens is 334 g/mol. The summed E-state index contributed by atoms with van der Waals surface area (Å²) in [5.74, 6) is 0.725. The van der Waals surface area contributed by atoms with Crippen molar-refractivity contribution in [3.8, 4) is 0 Å². The normalized spacial score (nSPS) is 10.1. The molecule has 0 radical (unpaired) electrons. The number of aromatic nitrogens is 1. The molecule has 1 aromatic carbocycles. The standard InChI is InChI=1S/C11H9Br2N3/c12-7-1-2-10(9(13)5-7)16-11-6-8(14)3-4-15-11/h1-6H,(H3,14,15,16). The third-order valence-corrected chi connectivity index (χ3v) is 3.13. The Balaban J connectivity index is 2.27. The minimum absolute atomic E-state index is 0.686. The highest BCUT2D eigenvalue weighted by molar-refractivity contribution is 9.11. The van der Waals surface area contributed by atoms with Crippen LogP contribution in [0, 0.1) is 0 Å². The third-order valence-electron chi connectivity index (χ3n) is 1.98. The highest BCUT2D eigenvalue weighted by atomic mass is 79.9. The van der Waals surface area contributed by atoms with Gasteiger partial charge in [0.15, 0.2) is 0 Å². The van der Waals surface area contributed by atoms with Gasteiger partial charge >= 0.3 is 0 Å². The number of rotatable bonds is 2. The summed E-state index contributed by atoms with van der Waals surface area (Å²) in [6.07, 6.45) is 1.67. The van der Waals surface area contributed by atoms with E-state index < -0.39 is 0 Å². The quantitative estimate of drug-likeness (QED) is 0.869. The van der Waals surface area contributed by atoms with Crippen molar-refractivity contribution in [2.75, 3.05) is 11.1 Å². The first kappa shape index (κ1) is 11.4. The van der Waals surface area contributed by atoms with E-state index in [4.69, 9.17) is 5.73 Å². The molecule has 1 aromatic heterocycles. The van der Waals surface area contributed by atoms with E-state index in [2.05, 4.69) is 42.2 Å². The van der Waals surface area contributed by atoms with E-state index in [-0.39, 0.29) is 0 Å². The highest BCUT2D eigenvalue weighted by Gasteiger charge is 2.01. The molecule has 0 saturated heterocycles. The van der Waals surface area contributed by atoms with Crippen molar-refractivity contribution in [3.05, 3.63) is 45.5 Å². The molecule has 82 valence electrons. The molecule has 0 bridgehead atoms. The number of nitrogens with zero attached hydrogens (tertiary/aromatic N) is 1. The van der Waals surface area contributed by atoms with Crippen molar-refractivity contribution >= 4 is 49.1 Å². The van der Waals surface area contributed by atoms with E-state index in [0.29, 0.717) is 5.69 Å². The highest BCUT2D eigenvalue weighted by Crippen LogP contribution is 2.28. The van der Waals surface area contributed by atoms with Gasteiger partial charge in [0.05, 0.1) is 5.69 Å². The van der Waals surface area contributed by atoms with Crippen LogP contribution in [-0.2, 0) is 0 Å². The molecule has 16 heavy (non-hydrogen) atoms. The van der Waals surface area contributed by atoms with E-state index in [1.807, 2.05) is 18.2 Å². The SMILES string of the molecule is Nc1ccnc(Nc2ccc(Br)cc2Br)c1. The first-order valence-electron chi connectivity index (χ1n) is 4.59. The van der Waals surface area contributed by atoms with Crippen molar-refractivity contribution in [1.29, 1.82) is 0 Å². The van der Waals surface area contributed by atoms with Crippen molar-refractivity contribution in [3.63, 3.8) is 0 Å². The molecule has 1 heterocycles. The smallest absolute Gasteiger partial charge is 0.132 e. The van der Waals surface area contributed by atoms with Crippen molar-refractivity contribution < 1.29 is 0 Å². The monoisotopic (exact) mass is 341 g/mol. The fourth-order valence-electron chi connectivity index (χ4n) is 1.24. The van der Waals surface area contributed by atoms with E-state index in [9.17, 15) is 0 Å². The Hall–Kier alpha value is -1.07. The van der Waals surface area contributed by atoms with Gasteiger partial charge in [-0.25, -0.2) is 4.98 Å². The maximum absolute atomic E-state index is 5.68. The van der Waals surface area contributed by atoms with Crippen LogP contribution in [0.4, 0.5) is 17.2 Å². The van der Waals surface area contributed by atoms with Crippen LogP contribution in [0.15, 0.2) is 45.5 Å². The van der Waals surface area contributed by atoms with E-state index in [0.717, 1.165) is 20.5 Å². The van der Waals surface area contributed by atoms with Crippen LogP contribution < -0.4 is 11.1 Å². The molecule has 0 amide bonds. The third kappa shape index (κ3) is 2.74. The van der Waals surface area contributed by atoms with Gasteiger partial charge in [-0.2, -0.15) is 0 Å². The summed E-state index contributed by atoms with van der Waals surface area (Å²) in [6, 6.07) is 9.42. The first-order chi connectivity index (χ1) is 7.65. The van der Waals surface area contributed by atoms with E-state index in [1.165, 1.54) is 0 Å². The predicted molar refractivity (Wildman–Crippen MR) is 73.8 cm³/mol. The zero-order valence-corrected chi connectivity index (χ0v) is 11.4. The Bertz CT molecular complexity index is 514. The number of hydrogen-bond acceptors (Lipinski definition) is 3. The molecule has 5 heteroatoms. The Kier molecular flexibility index (Phi) is 3.46. The second-order valence-corrected chi connectivity index (χ2v) is 4.99. The number of anilines is 3. The van der Waals surface area contributed by atoms with Crippen molar-refractivity contribution in [2.24, 2.45) is 0 Å². The number of pyridine rings is 1. The Morgan fingerprint density at radius 3 is 2.62 bits per heavy atom. The number of nitrogen functional groups attached to an aromatic ring is 1. The van der Waals surface area contributed by atoms with Crippen molar-refractivity contribution in [1.82, 2.24) is 4.98 Å². The second kappa shape index (κ2) is 4.84. The summed E-state index contributed by atoms with van der Waals surface area (Å²) < 4.78 is 1.98. The van der Waals surface area contributed by atoms with Crippen LogP contribution in [0.1, 0.15) is 0 Å². The van der Waals surface area contributed by atoms with Gasteiger partial charge < -0.3 is 11.1 Å². The molecule has 2 aromatic rings. The van der Waals surface area contributed by atoms with Crippen LogP contribution in [-0.4, -0.2) is 4.98 Å². The lowest BCUT2D eigenvalue weighted by Crippen LogP contribution is -1.95. The van der Waals surface area contributed by atoms with Gasteiger partial charge in [0.1, 0.15) is 5.82 Å². The zero-order valence-electron chi connectivity index (χ0n) is 8.24. The number of benzene rings is 1. The summed E-state index contributed by atoms with van der Waals surface area (Å²) in [7, 11) is 0. The molecule has 0 fully saturated rings. The van der Waals surface area contributed by atoms with Gasteiger partial charge in [0, 0.05) is 26.9 Å². The number of halogens is 2. The second-order valence-electron chi connectivity index (χ2n) is 3.22. The molecule has 0 aliphatic carbocycles. The molecule has 0 atom stereocenters. The van der Waals surface area contributed by atoms with Gasteiger partial charge in [-0.3, -0.25) is 0 Å². The Labute approximate surface area is 110 Å². The molecule has 0 aliphatic rings. The summed E-state index contributed by atoms with van der Waals surface area (Å²) in [5, 5.41) is 3.18. The van der Waals surface area contributed by atoms with Crippen LogP contribution in [0.25, 0.3) is 0 Å². The maximum Gasteiger partial charge on any atom is 0.132 e. The minimum atomic E-state index is 0.686. The molecule has 0 unspecified atom stereocenters. The fraction of sp³-hybridized carbons (Fsp3) is 0. The van der Waals surface area contributed by atoms with Gasteiger partial charge in [0.25, 0.3) is 0 Å². The van der Waals surface area contributed by atoms with E-state index in [1.54, 1.807) is 18.3 Å². The number of nitrogens with one attached hydrogen (secondary N) is 1. The molecule has 0 spiro atoms. The molecule has 0 saturated carbocycles. The summed E-state index contributed by atoms with van der Waals surface area (Å²) >= 11 is 6.87. The van der Waals surface area contributed by atoms with Crippen LogP contribution in [0.3, 0.4) is 0 Å². The molecule has 3 N–H and O–H groups in total. The first-order valence-corrected chi connectivity index (χ1v) is 6.17. The average Bonchev–Trinajstić information content (AvgIpc) is 2.22. The van der Waals surface area contributed by atoms with E-state index >= 15 is 0 Å². The topological polar surface area (TPSA) is 50.9 Å². The van der Waals surface area contributed by atoms with Crippen LogP contribution >= 0.6 is 31.9 Å². The predicted octanol–water partition coefficient (Wildman–Crippen LogP) is 3.93. The number of hydrogen-bond donors (Lipinski definition) is 2. The van der Waals surface area contributed by atoms with Gasteiger partial charge in [-0.1, -0.05) is 15.9 Å². The Morgan fingerprint density at radius 1 is 1.12 bits per heavy atom. The van der Waals surface area contributed by atoms with Crippen molar-refractivity contribution in [2.45, 2.75) is 0 Å². The molecule has 2 rings (SSSR count). The zero-order chi connectivity index (χ0) is 11.5. The van der Waals surface area contributed by atoms with Gasteiger partial charge in [0.2, 0.25) is 0 Å². The maximum atomic E-state index is 5.68. The van der Waals surface area contributed by atoms with Gasteiger partial charge in [-0.05, 0) is 40.2 Å². The number of nitrogens with two attached hydrogens (primary N) is 1. The fourth-order valence-corrected chi connectivity index (χ4v) is 2.39. The average molecular weight is 343 g/mol. The van der Waals surface area contributed by atoms with Crippen LogP contribution in [0.5, 0.6) is 0 Å². The largest absolute Gasteiger partial charge is 0.399 e. The van der Waals surface area contributed by atoms with Gasteiger partial charge in [-0.15, -0.1) is 0 Å². The Morgan fingerprint density at radius 2 is 1.94 bits per heavy atom. The molecule has 3 nitrogen and oxygen atoms in total.